The van der Waals surface area contributed by atoms with E-state index in [4.69, 9.17) is 0 Å². The van der Waals surface area contributed by atoms with Crippen LogP contribution in [0, 0.1) is 11.6 Å². The zero-order chi connectivity index (χ0) is 18.7. The summed E-state index contributed by atoms with van der Waals surface area (Å²) in [6.07, 6.45) is 2.61. The number of hydrogen-bond donors (Lipinski definition) is 1. The van der Waals surface area contributed by atoms with Crippen LogP contribution in [0.5, 0.6) is 0 Å². The fourth-order valence-corrected chi connectivity index (χ4v) is 4.51. The van der Waals surface area contributed by atoms with Crippen LogP contribution < -0.4 is 11.0 Å². The minimum absolute atomic E-state index is 0.00323. The number of rotatable bonds is 3. The van der Waals surface area contributed by atoms with E-state index in [0.29, 0.717) is 16.7 Å². The molecule has 1 aromatic carbocycles. The molecule has 6 nitrogen and oxygen atoms in total. The molecule has 0 radical (unpaired) electrons. The molecule has 3 aromatic heterocycles. The van der Waals surface area contributed by atoms with E-state index >= 15 is 0 Å². The van der Waals surface area contributed by atoms with E-state index in [2.05, 4.69) is 15.3 Å². The highest BCUT2D eigenvalue weighted by Crippen LogP contribution is 2.37. The van der Waals surface area contributed by atoms with Gasteiger partial charge in [-0.3, -0.25) is 9.13 Å². The predicted molar refractivity (Wildman–Crippen MR) is 100 cm³/mol. The lowest BCUT2D eigenvalue weighted by Gasteiger charge is -2.36. The Bertz CT molecular complexity index is 1240. The lowest BCUT2D eigenvalue weighted by molar-refractivity contribution is 0.280. The summed E-state index contributed by atoms with van der Waals surface area (Å²) in [6, 6.07) is 6.06. The van der Waals surface area contributed by atoms with Crippen LogP contribution in [0.4, 0.5) is 13.9 Å². The summed E-state index contributed by atoms with van der Waals surface area (Å²) in [6.45, 7) is 0. The monoisotopic (exact) mass is 387 g/mol. The molecular formula is C18H15F2N5OS. The molecule has 1 fully saturated rings. The van der Waals surface area contributed by atoms with E-state index < -0.39 is 5.82 Å². The van der Waals surface area contributed by atoms with Crippen molar-refractivity contribution < 1.29 is 8.78 Å². The molecule has 0 unspecified atom stereocenters. The van der Waals surface area contributed by atoms with Crippen molar-refractivity contribution in [1.29, 1.82) is 0 Å². The Kier molecular flexibility index (Phi) is 3.55. The molecule has 27 heavy (non-hydrogen) atoms. The van der Waals surface area contributed by atoms with Crippen LogP contribution >= 0.6 is 11.3 Å². The van der Waals surface area contributed by atoms with Gasteiger partial charge in [0.15, 0.2) is 10.8 Å². The molecule has 0 aliphatic heterocycles. The molecule has 1 aliphatic carbocycles. The van der Waals surface area contributed by atoms with Gasteiger partial charge in [-0.25, -0.2) is 23.5 Å². The summed E-state index contributed by atoms with van der Waals surface area (Å²) in [5.41, 5.74) is 1.43. The molecule has 1 N–H and O–H groups in total. The first-order valence-corrected chi connectivity index (χ1v) is 9.36. The minimum atomic E-state index is -0.462. The van der Waals surface area contributed by atoms with Crippen LogP contribution in [-0.2, 0) is 7.05 Å². The number of fused-ring (bicyclic) bond motifs is 2. The van der Waals surface area contributed by atoms with Gasteiger partial charge < -0.3 is 5.32 Å². The van der Waals surface area contributed by atoms with Crippen molar-refractivity contribution >= 4 is 37.8 Å². The molecule has 0 bridgehead atoms. The quantitative estimate of drug-likeness (QED) is 0.585. The van der Waals surface area contributed by atoms with Crippen molar-refractivity contribution in [3.63, 3.8) is 0 Å². The van der Waals surface area contributed by atoms with Crippen LogP contribution in [0.3, 0.4) is 0 Å². The molecule has 1 saturated carbocycles. The fraction of sp³-hybridized carbons (Fsp3) is 0.278. The molecule has 1 aliphatic rings. The maximum absolute atomic E-state index is 13.4. The van der Waals surface area contributed by atoms with E-state index in [-0.39, 0.29) is 23.6 Å². The van der Waals surface area contributed by atoms with Gasteiger partial charge in [-0.2, -0.15) is 0 Å². The zero-order valence-corrected chi connectivity index (χ0v) is 15.1. The first kappa shape index (κ1) is 16.4. The number of imidazole rings is 1. The third-order valence-corrected chi connectivity index (χ3v) is 6.02. The van der Waals surface area contributed by atoms with Gasteiger partial charge in [0.1, 0.15) is 11.6 Å². The Labute approximate surface area is 156 Å². The van der Waals surface area contributed by atoms with Gasteiger partial charge in [-0.05, 0) is 25.0 Å². The second-order valence-electron chi connectivity index (χ2n) is 6.81. The van der Waals surface area contributed by atoms with Gasteiger partial charge in [0.25, 0.3) is 0 Å². The smallest absolute Gasteiger partial charge is 0.330 e. The van der Waals surface area contributed by atoms with Gasteiger partial charge in [-0.1, -0.05) is 11.3 Å². The largest absolute Gasteiger partial charge is 0.359 e. The third kappa shape index (κ3) is 2.61. The SMILES string of the molecule is Cn1c(=O)n(C2CC(Nc3nc4cc(F)ccc4s3)C2)c2ncc(F)cc21. The van der Waals surface area contributed by atoms with Crippen LogP contribution in [0.1, 0.15) is 18.9 Å². The molecule has 0 amide bonds. The van der Waals surface area contributed by atoms with Crippen molar-refractivity contribution in [2.75, 3.05) is 5.32 Å². The number of thiazole rings is 1. The highest BCUT2D eigenvalue weighted by molar-refractivity contribution is 7.22. The van der Waals surface area contributed by atoms with E-state index in [1.165, 1.54) is 34.1 Å². The minimum Gasteiger partial charge on any atom is -0.359 e. The summed E-state index contributed by atoms with van der Waals surface area (Å²) >= 11 is 1.48. The second-order valence-corrected chi connectivity index (χ2v) is 7.84. The van der Waals surface area contributed by atoms with Crippen molar-refractivity contribution in [2.24, 2.45) is 7.05 Å². The molecule has 5 rings (SSSR count). The van der Waals surface area contributed by atoms with Crippen LogP contribution in [-0.4, -0.2) is 25.1 Å². The molecule has 9 heteroatoms. The summed E-state index contributed by atoms with van der Waals surface area (Å²) in [4.78, 5) is 21.1. The number of pyridine rings is 1. The molecule has 3 heterocycles. The summed E-state index contributed by atoms with van der Waals surface area (Å²) in [5.74, 6) is -0.766. The van der Waals surface area contributed by atoms with Crippen molar-refractivity contribution in [3.05, 3.63) is 52.6 Å². The number of nitrogens with zero attached hydrogens (tertiary/aromatic N) is 4. The number of anilines is 1. The molecule has 4 aromatic rings. The Morgan fingerprint density at radius 3 is 2.85 bits per heavy atom. The lowest BCUT2D eigenvalue weighted by atomic mass is 9.86. The maximum Gasteiger partial charge on any atom is 0.330 e. The highest BCUT2D eigenvalue weighted by Gasteiger charge is 2.34. The summed E-state index contributed by atoms with van der Waals surface area (Å²) in [7, 11) is 1.62. The van der Waals surface area contributed by atoms with Crippen LogP contribution in [0.2, 0.25) is 0 Å². The van der Waals surface area contributed by atoms with E-state index in [0.717, 1.165) is 28.9 Å². The lowest BCUT2D eigenvalue weighted by Crippen LogP contribution is -2.40. The first-order valence-electron chi connectivity index (χ1n) is 8.54. The number of benzene rings is 1. The molecule has 138 valence electrons. The van der Waals surface area contributed by atoms with Gasteiger partial charge in [0.05, 0.1) is 21.9 Å². The molecule has 0 saturated heterocycles. The van der Waals surface area contributed by atoms with Gasteiger partial charge in [0, 0.05) is 31.3 Å². The summed E-state index contributed by atoms with van der Waals surface area (Å²) < 4.78 is 30.7. The van der Waals surface area contributed by atoms with Crippen LogP contribution in [0.25, 0.3) is 21.4 Å². The Morgan fingerprint density at radius 2 is 2.04 bits per heavy atom. The van der Waals surface area contributed by atoms with E-state index in [1.807, 2.05) is 0 Å². The van der Waals surface area contributed by atoms with Crippen molar-refractivity contribution in [2.45, 2.75) is 24.9 Å². The molecule has 0 atom stereocenters. The second kappa shape index (κ2) is 5.85. The van der Waals surface area contributed by atoms with E-state index in [9.17, 15) is 13.6 Å². The topological polar surface area (TPSA) is 64.7 Å². The number of nitrogens with one attached hydrogen (secondary N) is 1. The zero-order valence-electron chi connectivity index (χ0n) is 14.3. The summed E-state index contributed by atoms with van der Waals surface area (Å²) in [5, 5.41) is 4.09. The Morgan fingerprint density at radius 1 is 1.22 bits per heavy atom. The number of hydrogen-bond acceptors (Lipinski definition) is 5. The Balaban J connectivity index is 1.37. The van der Waals surface area contributed by atoms with Crippen LogP contribution in [0.15, 0.2) is 35.3 Å². The van der Waals surface area contributed by atoms with Gasteiger partial charge >= 0.3 is 5.69 Å². The van der Waals surface area contributed by atoms with Crippen molar-refractivity contribution in [1.82, 2.24) is 19.1 Å². The highest BCUT2D eigenvalue weighted by atomic mass is 32.1. The fourth-order valence-electron chi connectivity index (χ4n) is 3.59. The van der Waals surface area contributed by atoms with Gasteiger partial charge in [0.2, 0.25) is 0 Å². The molecular weight excluding hydrogens is 372 g/mol. The maximum atomic E-state index is 13.4. The average Bonchev–Trinajstić information content (AvgIpc) is 3.10. The van der Waals surface area contributed by atoms with E-state index in [1.54, 1.807) is 17.7 Å². The van der Waals surface area contributed by atoms with Gasteiger partial charge in [-0.15, -0.1) is 0 Å². The number of aromatic nitrogens is 4. The first-order chi connectivity index (χ1) is 13.0. The third-order valence-electron chi connectivity index (χ3n) is 5.05. The standard InChI is InChI=1S/C18H15F2N5OS/c1-24-14-5-10(20)8-21-16(14)25(18(24)26)12-6-11(7-12)22-17-23-13-4-9(19)2-3-15(13)27-17/h2-5,8,11-12H,6-7H2,1H3,(H,22,23). The number of halogens is 2. The average molecular weight is 387 g/mol. The number of aryl methyl sites for hydroxylation is 1. The predicted octanol–water partition coefficient (Wildman–Crippen LogP) is 3.44. The molecule has 0 spiro atoms. The Hall–Kier alpha value is -2.81. The van der Waals surface area contributed by atoms with Crippen molar-refractivity contribution in [3.8, 4) is 0 Å². The normalized spacial score (nSPS) is 19.5.